The molecule has 0 aliphatic rings. The van der Waals surface area contributed by atoms with Crippen LogP contribution in [0.3, 0.4) is 0 Å². The summed E-state index contributed by atoms with van der Waals surface area (Å²) >= 11 is 7.05. The maximum absolute atomic E-state index is 10.8. The van der Waals surface area contributed by atoms with Crippen LogP contribution in [0, 0.1) is 10.1 Å². The van der Waals surface area contributed by atoms with Crippen LogP contribution in [0.1, 0.15) is 5.56 Å². The molecule has 0 aliphatic carbocycles. The first-order valence-electron chi connectivity index (χ1n) is 5.43. The van der Waals surface area contributed by atoms with Crippen LogP contribution in [0.2, 0.25) is 5.02 Å². The van der Waals surface area contributed by atoms with E-state index in [2.05, 4.69) is 15.1 Å². The highest BCUT2D eigenvalue weighted by atomic mass is 35.5. The molecule has 21 heavy (non-hydrogen) atoms. The molecule has 2 heterocycles. The Hall–Kier alpha value is -2.39. The lowest BCUT2D eigenvalue weighted by molar-refractivity contribution is -0.385. The third-order valence-corrected chi connectivity index (χ3v) is 3.80. The van der Waals surface area contributed by atoms with Crippen molar-refractivity contribution in [2.75, 3.05) is 0 Å². The normalized spacial score (nSPS) is 11.4. The van der Waals surface area contributed by atoms with Gasteiger partial charge in [0.1, 0.15) is 16.2 Å². The van der Waals surface area contributed by atoms with Gasteiger partial charge in [0.25, 0.3) is 5.69 Å². The average Bonchev–Trinajstić information content (AvgIpc) is 2.49. The zero-order valence-electron chi connectivity index (χ0n) is 10.3. The second kappa shape index (κ2) is 6.37. The highest BCUT2D eigenvalue weighted by Crippen LogP contribution is 2.33. The van der Waals surface area contributed by atoms with Crippen molar-refractivity contribution in [1.29, 1.82) is 0 Å². The summed E-state index contributed by atoms with van der Waals surface area (Å²) in [5.74, 6) is -0.291. The molecule has 108 valence electrons. The van der Waals surface area contributed by atoms with E-state index in [1.165, 1.54) is 6.07 Å². The average molecular weight is 326 g/mol. The smallest absolute Gasteiger partial charge is 0.288 e. The van der Waals surface area contributed by atoms with E-state index in [0.29, 0.717) is 10.0 Å². The minimum absolute atomic E-state index is 0.124. The van der Waals surface area contributed by atoms with Crippen molar-refractivity contribution < 1.29 is 10.1 Å². The van der Waals surface area contributed by atoms with Gasteiger partial charge in [-0.25, -0.2) is 9.97 Å². The molecule has 0 unspecified atom stereocenters. The van der Waals surface area contributed by atoms with Gasteiger partial charge < -0.3 is 10.9 Å². The van der Waals surface area contributed by atoms with Crippen molar-refractivity contribution in [1.82, 2.24) is 9.97 Å². The summed E-state index contributed by atoms with van der Waals surface area (Å²) in [4.78, 5) is 18.2. The predicted octanol–water partition coefficient (Wildman–Crippen LogP) is 2.28. The van der Waals surface area contributed by atoms with E-state index in [1.807, 2.05) is 0 Å². The Balaban J connectivity index is 2.48. The van der Waals surface area contributed by atoms with Crippen LogP contribution < -0.4 is 5.73 Å². The summed E-state index contributed by atoms with van der Waals surface area (Å²) in [5.41, 5.74) is 5.38. The van der Waals surface area contributed by atoms with Gasteiger partial charge in [0.2, 0.25) is 0 Å². The van der Waals surface area contributed by atoms with Crippen LogP contribution in [0.4, 0.5) is 5.69 Å². The molecule has 2 aromatic heterocycles. The maximum Gasteiger partial charge on any atom is 0.288 e. The summed E-state index contributed by atoms with van der Waals surface area (Å²) < 4.78 is 0. The number of hydrogen-bond donors (Lipinski definition) is 2. The Morgan fingerprint density at radius 3 is 2.86 bits per heavy atom. The maximum atomic E-state index is 10.8. The standard InChI is InChI=1S/C11H8ClN5O3S/c12-8-2-1-3-14-11(8)21-10-7(9(13)16-18)4-6(5-15-10)17(19)20/h1-5,18H,(H2,13,16). The molecule has 2 rings (SSSR count). The summed E-state index contributed by atoms with van der Waals surface area (Å²) in [7, 11) is 0. The van der Waals surface area contributed by atoms with Gasteiger partial charge in [-0.2, -0.15) is 0 Å². The molecule has 0 bridgehead atoms. The Labute approximate surface area is 127 Å². The molecule has 10 heteroatoms. The van der Waals surface area contributed by atoms with Crippen molar-refractivity contribution in [3.8, 4) is 0 Å². The number of halogens is 1. The second-order valence-corrected chi connectivity index (χ2v) is 5.07. The monoisotopic (exact) mass is 325 g/mol. The molecular weight excluding hydrogens is 318 g/mol. The van der Waals surface area contributed by atoms with Crippen molar-refractivity contribution in [3.05, 3.63) is 51.3 Å². The number of nitrogens with zero attached hydrogens (tertiary/aromatic N) is 4. The molecule has 3 N–H and O–H groups in total. The lowest BCUT2D eigenvalue weighted by Crippen LogP contribution is -2.15. The van der Waals surface area contributed by atoms with Crippen LogP contribution in [-0.2, 0) is 0 Å². The molecular formula is C11H8ClN5O3S. The number of nitro groups is 1. The highest BCUT2D eigenvalue weighted by molar-refractivity contribution is 7.99. The quantitative estimate of drug-likeness (QED) is 0.290. The topological polar surface area (TPSA) is 128 Å². The first-order valence-corrected chi connectivity index (χ1v) is 6.63. The van der Waals surface area contributed by atoms with Crippen LogP contribution in [0.25, 0.3) is 0 Å². The number of oxime groups is 1. The number of nitrogens with two attached hydrogens (primary N) is 1. The zero-order valence-corrected chi connectivity index (χ0v) is 11.9. The highest BCUT2D eigenvalue weighted by Gasteiger charge is 2.17. The largest absolute Gasteiger partial charge is 0.409 e. The first-order chi connectivity index (χ1) is 10.0. The molecule has 2 aromatic rings. The zero-order chi connectivity index (χ0) is 15.4. The van der Waals surface area contributed by atoms with Gasteiger partial charge >= 0.3 is 0 Å². The minimum atomic E-state index is -0.622. The van der Waals surface area contributed by atoms with Crippen LogP contribution in [0.5, 0.6) is 0 Å². The van der Waals surface area contributed by atoms with E-state index in [4.69, 9.17) is 22.5 Å². The lowest BCUT2D eigenvalue weighted by Gasteiger charge is -2.07. The van der Waals surface area contributed by atoms with E-state index >= 15 is 0 Å². The molecule has 0 radical (unpaired) electrons. The third-order valence-electron chi connectivity index (χ3n) is 2.35. The fourth-order valence-electron chi connectivity index (χ4n) is 1.40. The molecule has 0 spiro atoms. The van der Waals surface area contributed by atoms with Crippen molar-refractivity contribution in [2.45, 2.75) is 10.1 Å². The molecule has 0 saturated carbocycles. The van der Waals surface area contributed by atoms with Crippen LogP contribution >= 0.6 is 23.4 Å². The number of hydrogen-bond acceptors (Lipinski definition) is 7. The molecule has 0 saturated heterocycles. The Bertz CT molecular complexity index is 725. The number of pyridine rings is 2. The van der Waals surface area contributed by atoms with Crippen molar-refractivity contribution in [2.24, 2.45) is 10.9 Å². The SMILES string of the molecule is NC(=NO)c1cc([N+](=O)[O-])cnc1Sc1ncccc1Cl. The van der Waals surface area contributed by atoms with Gasteiger partial charge in [-0.05, 0) is 23.9 Å². The van der Waals surface area contributed by atoms with E-state index in [9.17, 15) is 10.1 Å². The number of amidine groups is 1. The molecule has 0 amide bonds. The van der Waals surface area contributed by atoms with E-state index in [0.717, 1.165) is 18.0 Å². The van der Waals surface area contributed by atoms with Gasteiger partial charge in [0, 0.05) is 12.3 Å². The van der Waals surface area contributed by atoms with Gasteiger partial charge in [-0.3, -0.25) is 10.1 Å². The van der Waals surface area contributed by atoms with Crippen LogP contribution in [-0.4, -0.2) is 25.9 Å². The van der Waals surface area contributed by atoms with Crippen molar-refractivity contribution in [3.63, 3.8) is 0 Å². The predicted molar refractivity (Wildman–Crippen MR) is 76.8 cm³/mol. The lowest BCUT2D eigenvalue weighted by atomic mass is 10.2. The van der Waals surface area contributed by atoms with Crippen LogP contribution in [0.15, 0.2) is 45.8 Å². The summed E-state index contributed by atoms with van der Waals surface area (Å²) in [6.07, 6.45) is 2.62. The van der Waals surface area contributed by atoms with Gasteiger partial charge in [0.05, 0.1) is 15.5 Å². The van der Waals surface area contributed by atoms with Gasteiger partial charge in [-0.1, -0.05) is 16.8 Å². The Morgan fingerprint density at radius 1 is 1.48 bits per heavy atom. The Morgan fingerprint density at radius 2 is 2.24 bits per heavy atom. The van der Waals surface area contributed by atoms with Gasteiger partial charge in [-0.15, -0.1) is 0 Å². The number of aromatic nitrogens is 2. The van der Waals surface area contributed by atoms with E-state index < -0.39 is 4.92 Å². The van der Waals surface area contributed by atoms with Gasteiger partial charge in [0.15, 0.2) is 5.84 Å². The third kappa shape index (κ3) is 3.38. The molecule has 8 nitrogen and oxygen atoms in total. The first kappa shape index (κ1) is 15.0. The molecule has 0 atom stereocenters. The number of rotatable bonds is 4. The van der Waals surface area contributed by atoms with E-state index in [1.54, 1.807) is 18.3 Å². The fraction of sp³-hybridized carbons (Fsp3) is 0. The second-order valence-electron chi connectivity index (χ2n) is 3.68. The molecule has 0 fully saturated rings. The molecule has 0 aliphatic heterocycles. The van der Waals surface area contributed by atoms with E-state index in [-0.39, 0.29) is 22.1 Å². The van der Waals surface area contributed by atoms with Crippen molar-refractivity contribution >= 4 is 34.9 Å². The molecule has 0 aromatic carbocycles. The minimum Gasteiger partial charge on any atom is -0.409 e. The summed E-state index contributed by atoms with van der Waals surface area (Å²) in [5, 5.41) is 23.5. The fourth-order valence-corrected chi connectivity index (χ4v) is 2.48. The summed E-state index contributed by atoms with van der Waals surface area (Å²) in [6.45, 7) is 0. The summed E-state index contributed by atoms with van der Waals surface area (Å²) in [6, 6.07) is 4.48. The Kier molecular flexibility index (Phi) is 4.55.